The number of rotatable bonds is 25. The Morgan fingerprint density at radius 1 is 0.342 bits per heavy atom. The van der Waals surface area contributed by atoms with Crippen LogP contribution in [0.2, 0.25) is 0 Å². The number of carboxylic acid groups (broad SMARTS) is 5. The number of hydrogen-bond acceptors (Lipinski definition) is 27. The van der Waals surface area contributed by atoms with Crippen LogP contribution in [-0.4, -0.2) is 186 Å². The third kappa shape index (κ3) is 45.0. The van der Waals surface area contributed by atoms with Gasteiger partial charge in [-0.15, -0.1) is 0 Å². The number of aliphatic carboxylic acids is 5. The topological polar surface area (TPSA) is 589 Å². The molecule has 114 heavy (non-hydrogen) atoms. The van der Waals surface area contributed by atoms with E-state index in [1.165, 1.54) is 12.1 Å². The van der Waals surface area contributed by atoms with E-state index in [0.717, 1.165) is 22.3 Å². The van der Waals surface area contributed by atoms with Crippen molar-refractivity contribution in [3.8, 4) is 28.7 Å². The summed E-state index contributed by atoms with van der Waals surface area (Å²) in [6, 6.07) is 17.1. The number of anilines is 5. The van der Waals surface area contributed by atoms with E-state index in [1.807, 2.05) is 39.8 Å². The average molecular weight is 1630 g/mol. The lowest BCUT2D eigenvalue weighted by atomic mass is 10.2. The monoisotopic (exact) mass is 1630 g/mol. The van der Waals surface area contributed by atoms with E-state index >= 15 is 0 Å². The molecular weight excluding hydrogens is 1520 g/mol. The third-order valence-corrected chi connectivity index (χ3v) is 13.0. The van der Waals surface area contributed by atoms with Gasteiger partial charge >= 0.3 is 71.9 Å². The molecule has 5 aromatic rings. The molecule has 20 N–H and O–H groups in total. The maximum atomic E-state index is 13.5. The number of nitrogens with one attached hydrogen (secondary N) is 5. The molecule has 0 bridgehead atoms. The minimum Gasteiger partial charge on any atom is -0.489 e. The number of alkyl carbamates (subject to hydrolysis) is 5. The molecule has 0 spiro atoms. The Kier molecular flexibility index (Phi) is 41.9. The fourth-order valence-corrected chi connectivity index (χ4v) is 7.97. The Labute approximate surface area is 663 Å². The van der Waals surface area contributed by atoms with E-state index in [0.29, 0.717) is 51.3 Å². The number of ether oxygens (including phenoxy) is 10. The number of hydrogen-bond donors (Lipinski definition) is 15. The van der Waals surface area contributed by atoms with Crippen LogP contribution in [0.5, 0.6) is 28.7 Å². The molecule has 0 heterocycles. The molecule has 0 aliphatic carbocycles. The lowest BCUT2D eigenvalue weighted by Crippen LogP contribution is -2.46. The molecule has 5 atom stereocenters. The van der Waals surface area contributed by atoms with Crippen LogP contribution in [-0.2, 0) is 59.2 Å². The lowest BCUT2D eigenvalue weighted by Gasteiger charge is -2.22. The summed E-state index contributed by atoms with van der Waals surface area (Å²) in [7, 11) is 0. The normalized spacial score (nSPS) is 12.1. The van der Waals surface area contributed by atoms with Gasteiger partial charge in [0.1, 0.15) is 101 Å². The molecular formula is C75H109FN10O27S. The predicted molar refractivity (Wildman–Crippen MR) is 418 cm³/mol. The molecule has 0 saturated heterocycles. The molecule has 0 fully saturated rings. The van der Waals surface area contributed by atoms with Crippen LogP contribution in [0.25, 0.3) is 0 Å². The van der Waals surface area contributed by atoms with Crippen LogP contribution in [0.15, 0.2) is 84.9 Å². The quantitative estimate of drug-likeness (QED) is 0.0191. The van der Waals surface area contributed by atoms with Crippen LogP contribution >= 0.6 is 0 Å². The molecule has 5 amide bonds. The highest BCUT2D eigenvalue weighted by molar-refractivity contribution is 7.51. The third-order valence-electron chi connectivity index (χ3n) is 13.0. The Morgan fingerprint density at radius 3 is 0.877 bits per heavy atom. The van der Waals surface area contributed by atoms with Crippen molar-refractivity contribution in [1.29, 1.82) is 0 Å². The molecule has 0 saturated carbocycles. The summed E-state index contributed by atoms with van der Waals surface area (Å²) in [4.78, 5) is 114. The van der Waals surface area contributed by atoms with Crippen molar-refractivity contribution < 1.29 is 134 Å². The van der Waals surface area contributed by atoms with Crippen molar-refractivity contribution in [2.24, 2.45) is 0 Å². The summed E-state index contributed by atoms with van der Waals surface area (Å²) in [5, 5.41) is 56.8. The number of carbonyl (C=O) groups excluding carboxylic acids is 5. The molecule has 634 valence electrons. The second-order valence-corrected chi connectivity index (χ2v) is 29.7. The maximum absolute atomic E-state index is 13.5. The molecule has 0 aliphatic heterocycles. The second-order valence-electron chi connectivity index (χ2n) is 29.6. The maximum Gasteiger partial charge on any atom is 0.408 e. The molecule has 0 radical (unpaired) electrons. The van der Waals surface area contributed by atoms with Crippen molar-refractivity contribution in [2.75, 3.05) is 61.7 Å². The molecule has 0 aromatic heterocycles. The van der Waals surface area contributed by atoms with Crippen LogP contribution in [0.3, 0.4) is 0 Å². The molecule has 39 heteroatoms. The Balaban J connectivity index is 0.00000139. The van der Waals surface area contributed by atoms with Gasteiger partial charge in [0.25, 0.3) is 0 Å². The number of amides is 5. The first-order valence-corrected chi connectivity index (χ1v) is 35.1. The van der Waals surface area contributed by atoms with Gasteiger partial charge in [-0.2, -0.15) is 8.42 Å². The van der Waals surface area contributed by atoms with Crippen LogP contribution in [0.4, 0.5) is 56.8 Å². The summed E-state index contributed by atoms with van der Waals surface area (Å²) in [6.07, 6.45) is -4.17. The second kappa shape index (κ2) is 47.0. The van der Waals surface area contributed by atoms with Gasteiger partial charge in [0.05, 0.1) is 22.7 Å². The summed E-state index contributed by atoms with van der Waals surface area (Å²) in [6.45, 7) is 32.8. The Hall–Kier alpha value is -12.4. The summed E-state index contributed by atoms with van der Waals surface area (Å²) in [5.41, 5.74) is 30.7. The molecule has 5 rings (SSSR count). The van der Waals surface area contributed by atoms with Gasteiger partial charge in [0, 0.05) is 0 Å². The Morgan fingerprint density at radius 2 is 0.596 bits per heavy atom. The van der Waals surface area contributed by atoms with Crippen molar-refractivity contribution in [3.63, 3.8) is 0 Å². The highest BCUT2D eigenvalue weighted by atomic mass is 32.1. The first kappa shape index (κ1) is 102. The molecule has 37 nitrogen and oxygen atoms in total. The highest BCUT2D eigenvalue weighted by Gasteiger charge is 2.31. The highest BCUT2D eigenvalue weighted by Crippen LogP contribution is 2.29. The van der Waals surface area contributed by atoms with E-state index < -0.39 is 143 Å². The van der Waals surface area contributed by atoms with Gasteiger partial charge in [-0.05, 0) is 221 Å². The van der Waals surface area contributed by atoms with E-state index in [1.54, 1.807) is 171 Å². The number of carboxylic acids is 5. The number of halogens is 1. The van der Waals surface area contributed by atoms with E-state index in [2.05, 4.69) is 26.6 Å². The smallest absolute Gasteiger partial charge is 0.408 e. The van der Waals surface area contributed by atoms with E-state index in [-0.39, 0.29) is 37.9 Å². The minimum atomic E-state index is -1.37. The SMILES string of the molecule is Cc1cc(F)c(N)c(OC[C@H](NC(=O)OC(C)(C)C)C(=O)O)c1.Cc1ccc(N)c(OC[C@H](NC(=O)OC(C)(C)C)C(=O)O)c1.Cc1ccc(OC[C@H](NC(=O)OC(C)(C)C)C(=O)O)c(N)c1.Cc1ccc(OC[C@H](NC(=O)OC(C)(C)C)C(=O)O)c(N)c1.Cc1cccc(OC[C@H](NC(=O)OC(C)(C)C)C(=O)O)c1N.O=S=O. The summed E-state index contributed by atoms with van der Waals surface area (Å²) < 4.78 is 81.9. The largest absolute Gasteiger partial charge is 0.489 e. The summed E-state index contributed by atoms with van der Waals surface area (Å²) >= 11 is -0.750. The zero-order valence-corrected chi connectivity index (χ0v) is 68.2. The number of nitrogens with two attached hydrogens (primary N) is 5. The number of aryl methyl sites for hydroxylation is 5. The first-order valence-electron chi connectivity index (χ1n) is 34.4. The Bertz CT molecular complexity index is 3940. The average Bonchev–Trinajstić information content (AvgIpc) is 0.874. The van der Waals surface area contributed by atoms with Crippen LogP contribution in [0, 0.1) is 40.4 Å². The number of benzene rings is 5. The van der Waals surface area contributed by atoms with Gasteiger partial charge in [0.2, 0.25) is 0 Å². The molecule has 0 unspecified atom stereocenters. The van der Waals surface area contributed by atoms with Crippen molar-refractivity contribution in [2.45, 2.75) is 197 Å². The standard InChI is InChI=1S/C15H21FN2O5.4C15H22N2O5.O2S/c1-8-5-9(16)12(17)11(6-8)22-7-10(13(19)20)18-14(21)23-15(2,3)4;2*1-9-5-6-12(10(16)7-9)21-8-11(13(18)19)17-14(20)22-15(2,3)4;1-9-5-6-10(16)12(7-9)21-8-11(13(18)19)17-14(20)22-15(2,3)4;1-9-6-5-7-11(12(9)16)21-8-10(13(18)19)17-14(20)22-15(2,3)4;1-3-2/h5-6,10H,7,17H2,1-4H3,(H,18,21)(H,19,20);3*5-7,11H,8,16H2,1-4H3,(H,17,20)(H,18,19);5-7,10H,8,16H2,1-4H3,(H,17,20)(H,18,19);/t10-;3*11-;10-;/m00000./s1. The van der Waals surface area contributed by atoms with Crippen molar-refractivity contribution >= 4 is 100 Å². The van der Waals surface area contributed by atoms with Gasteiger partial charge < -0.3 is 128 Å². The van der Waals surface area contributed by atoms with Crippen molar-refractivity contribution in [3.05, 3.63) is 119 Å². The fourth-order valence-electron chi connectivity index (χ4n) is 7.97. The van der Waals surface area contributed by atoms with Gasteiger partial charge in [-0.1, -0.05) is 30.3 Å². The van der Waals surface area contributed by atoms with E-state index in [4.69, 9.17) is 110 Å². The van der Waals surface area contributed by atoms with E-state index in [9.17, 15) is 52.3 Å². The minimum absolute atomic E-state index is 0.0136. The van der Waals surface area contributed by atoms with Gasteiger partial charge in [0.15, 0.2) is 30.2 Å². The molecule has 0 aliphatic rings. The van der Waals surface area contributed by atoms with Gasteiger partial charge in [-0.25, -0.2) is 52.3 Å². The zero-order valence-electron chi connectivity index (χ0n) is 67.4. The number of para-hydroxylation sites is 1. The fraction of sp³-hybridized carbons (Fsp3) is 0.467. The zero-order chi connectivity index (χ0) is 88.1. The number of nitrogen functional groups attached to an aromatic ring is 5. The summed E-state index contributed by atoms with van der Waals surface area (Å²) in [5.74, 6) is -5.39. The predicted octanol–water partition coefficient (Wildman–Crippen LogP) is 9.14. The molecule has 5 aromatic carbocycles. The lowest BCUT2D eigenvalue weighted by molar-refractivity contribution is -0.141. The van der Waals surface area contributed by atoms with Crippen LogP contribution in [0.1, 0.15) is 132 Å². The number of carbonyl (C=O) groups is 10. The van der Waals surface area contributed by atoms with Gasteiger partial charge in [-0.3, -0.25) is 0 Å². The van der Waals surface area contributed by atoms with Crippen molar-refractivity contribution in [1.82, 2.24) is 26.6 Å². The van der Waals surface area contributed by atoms with Crippen LogP contribution < -0.4 is 78.9 Å². The first-order chi connectivity index (χ1) is 52.2.